The van der Waals surface area contributed by atoms with Gasteiger partial charge >= 0.3 is 6.09 Å². The van der Waals surface area contributed by atoms with Crippen LogP contribution in [0.25, 0.3) is 0 Å². The lowest BCUT2D eigenvalue weighted by Crippen LogP contribution is -2.26. The van der Waals surface area contributed by atoms with Crippen LogP contribution in [0.15, 0.2) is 18.2 Å². The molecule has 19 heavy (non-hydrogen) atoms. The third-order valence-electron chi connectivity index (χ3n) is 3.33. The number of carbonyl (C=O) groups is 1. The number of benzene rings is 1. The number of amides is 1. The molecular formula is C12H14N2O5. The van der Waals surface area contributed by atoms with Gasteiger partial charge in [-0.1, -0.05) is 0 Å². The third kappa shape index (κ3) is 2.59. The first-order chi connectivity index (χ1) is 9.02. The maximum atomic E-state index is 11.1. The molecule has 0 spiro atoms. The Bertz CT molecular complexity index is 517. The van der Waals surface area contributed by atoms with Crippen LogP contribution in [-0.4, -0.2) is 41.2 Å². The van der Waals surface area contributed by atoms with E-state index in [1.54, 1.807) is 12.1 Å². The Labute approximate surface area is 109 Å². The number of ether oxygens (including phenoxy) is 1. The van der Waals surface area contributed by atoms with Crippen molar-refractivity contribution >= 4 is 11.8 Å². The molecule has 2 rings (SSSR count). The van der Waals surface area contributed by atoms with Crippen LogP contribution in [0.2, 0.25) is 0 Å². The van der Waals surface area contributed by atoms with Crippen LogP contribution < -0.4 is 4.74 Å². The Morgan fingerprint density at radius 1 is 1.58 bits per heavy atom. The summed E-state index contributed by atoms with van der Waals surface area (Å²) in [6, 6.07) is 4.68. The number of hydrogen-bond acceptors (Lipinski definition) is 4. The predicted octanol–water partition coefficient (Wildman–Crippen LogP) is 2.07. The summed E-state index contributed by atoms with van der Waals surface area (Å²) in [6.07, 6.45) is -0.391. The third-order valence-corrected chi connectivity index (χ3v) is 3.33. The van der Waals surface area contributed by atoms with Crippen LogP contribution in [-0.2, 0) is 0 Å². The van der Waals surface area contributed by atoms with Gasteiger partial charge in [0.1, 0.15) is 5.75 Å². The van der Waals surface area contributed by atoms with Gasteiger partial charge in [-0.2, -0.15) is 0 Å². The fourth-order valence-electron chi connectivity index (χ4n) is 2.34. The lowest BCUT2D eigenvalue weighted by Gasteiger charge is -2.13. The zero-order valence-electron chi connectivity index (χ0n) is 10.4. The lowest BCUT2D eigenvalue weighted by molar-refractivity contribution is -0.385. The van der Waals surface area contributed by atoms with Gasteiger partial charge in [0, 0.05) is 24.6 Å². The van der Waals surface area contributed by atoms with Crippen LogP contribution in [0.3, 0.4) is 0 Å². The average Bonchev–Trinajstić information content (AvgIpc) is 2.87. The minimum atomic E-state index is -0.987. The summed E-state index contributed by atoms with van der Waals surface area (Å²) in [6.45, 7) is 0.700. The maximum Gasteiger partial charge on any atom is 0.407 e. The molecule has 0 aromatic heterocycles. The van der Waals surface area contributed by atoms with Crippen molar-refractivity contribution in [1.29, 1.82) is 0 Å². The first-order valence-electron chi connectivity index (χ1n) is 5.83. The van der Waals surface area contributed by atoms with Gasteiger partial charge in [0.2, 0.25) is 0 Å². The van der Waals surface area contributed by atoms with Crippen molar-refractivity contribution in [3.8, 4) is 5.75 Å². The highest BCUT2D eigenvalue weighted by Crippen LogP contribution is 2.35. The standard InChI is InChI=1S/C12H14N2O5/c1-19-9-2-3-10(11(6-9)14(17)18)8-4-5-13(7-8)12(15)16/h2-3,6,8H,4-5,7H2,1H3,(H,15,16). The Morgan fingerprint density at radius 3 is 2.84 bits per heavy atom. The van der Waals surface area contributed by atoms with E-state index in [-0.39, 0.29) is 11.6 Å². The quantitative estimate of drug-likeness (QED) is 0.667. The first-order valence-corrected chi connectivity index (χ1v) is 5.83. The number of carboxylic acid groups (broad SMARTS) is 1. The van der Waals surface area contributed by atoms with Crippen molar-refractivity contribution in [2.24, 2.45) is 0 Å². The van der Waals surface area contributed by atoms with Crippen molar-refractivity contribution < 1.29 is 19.6 Å². The van der Waals surface area contributed by atoms with Gasteiger partial charge in [-0.15, -0.1) is 0 Å². The van der Waals surface area contributed by atoms with Gasteiger partial charge in [-0.25, -0.2) is 4.79 Å². The molecule has 0 aliphatic carbocycles. The summed E-state index contributed by atoms with van der Waals surface area (Å²) >= 11 is 0. The fraction of sp³-hybridized carbons (Fsp3) is 0.417. The van der Waals surface area contributed by atoms with E-state index in [1.807, 2.05) is 0 Å². The molecule has 1 N–H and O–H groups in total. The smallest absolute Gasteiger partial charge is 0.407 e. The zero-order valence-corrected chi connectivity index (χ0v) is 10.4. The molecule has 102 valence electrons. The van der Waals surface area contributed by atoms with Crippen molar-refractivity contribution in [2.75, 3.05) is 20.2 Å². The highest BCUT2D eigenvalue weighted by atomic mass is 16.6. The van der Waals surface area contributed by atoms with Crippen LogP contribution in [0.4, 0.5) is 10.5 Å². The second kappa shape index (κ2) is 5.13. The Morgan fingerprint density at radius 2 is 2.32 bits per heavy atom. The van der Waals surface area contributed by atoms with Gasteiger partial charge in [-0.05, 0) is 18.6 Å². The monoisotopic (exact) mass is 266 g/mol. The number of rotatable bonds is 3. The summed E-state index contributed by atoms with van der Waals surface area (Å²) in [5, 5.41) is 20.0. The van der Waals surface area contributed by atoms with Crippen LogP contribution in [0.5, 0.6) is 5.75 Å². The summed E-state index contributed by atoms with van der Waals surface area (Å²) in [5.41, 5.74) is 0.547. The van der Waals surface area contributed by atoms with E-state index in [0.29, 0.717) is 30.8 Å². The van der Waals surface area contributed by atoms with E-state index >= 15 is 0 Å². The van der Waals surface area contributed by atoms with Crippen LogP contribution in [0, 0.1) is 10.1 Å². The molecule has 0 saturated carbocycles. The second-order valence-corrected chi connectivity index (χ2v) is 4.40. The number of nitrogens with zero attached hydrogens (tertiary/aromatic N) is 2. The summed E-state index contributed by atoms with van der Waals surface area (Å²) < 4.78 is 4.97. The molecule has 7 heteroatoms. The van der Waals surface area contributed by atoms with Gasteiger partial charge in [0.25, 0.3) is 5.69 Å². The Kier molecular flexibility index (Phi) is 3.55. The van der Waals surface area contributed by atoms with E-state index in [4.69, 9.17) is 9.84 Å². The number of likely N-dealkylation sites (tertiary alicyclic amines) is 1. The predicted molar refractivity (Wildman–Crippen MR) is 66.6 cm³/mol. The molecule has 1 aromatic rings. The fourth-order valence-corrected chi connectivity index (χ4v) is 2.34. The molecule has 1 saturated heterocycles. The molecule has 1 aliphatic heterocycles. The van der Waals surface area contributed by atoms with Gasteiger partial charge in [0.15, 0.2) is 0 Å². The molecule has 0 radical (unpaired) electrons. The van der Waals surface area contributed by atoms with E-state index < -0.39 is 11.0 Å². The normalized spacial score (nSPS) is 18.4. The summed E-state index contributed by atoms with van der Waals surface area (Å²) in [7, 11) is 1.44. The molecule has 1 amide bonds. The van der Waals surface area contributed by atoms with Gasteiger partial charge in [0.05, 0.1) is 18.1 Å². The molecule has 0 bridgehead atoms. The van der Waals surface area contributed by atoms with E-state index in [2.05, 4.69) is 0 Å². The number of methoxy groups -OCH3 is 1. The van der Waals surface area contributed by atoms with Gasteiger partial charge < -0.3 is 14.7 Å². The van der Waals surface area contributed by atoms with E-state index in [9.17, 15) is 14.9 Å². The molecule has 1 atom stereocenters. The minimum Gasteiger partial charge on any atom is -0.497 e. The van der Waals surface area contributed by atoms with Crippen LogP contribution in [0.1, 0.15) is 17.9 Å². The number of nitro groups is 1. The molecule has 1 unspecified atom stereocenters. The Hall–Kier alpha value is -2.31. The SMILES string of the molecule is COc1ccc(C2CCN(C(=O)O)C2)c([N+](=O)[O-])c1. The molecule has 1 heterocycles. The topological polar surface area (TPSA) is 92.9 Å². The van der Waals surface area contributed by atoms with E-state index in [1.165, 1.54) is 18.1 Å². The van der Waals surface area contributed by atoms with E-state index in [0.717, 1.165) is 0 Å². The summed E-state index contributed by atoms with van der Waals surface area (Å²) in [5.74, 6) is 0.283. The molecule has 1 aliphatic rings. The highest BCUT2D eigenvalue weighted by molar-refractivity contribution is 5.65. The lowest BCUT2D eigenvalue weighted by atomic mass is 9.96. The maximum absolute atomic E-state index is 11.1. The van der Waals surface area contributed by atoms with Crippen molar-refractivity contribution in [1.82, 2.24) is 4.90 Å². The van der Waals surface area contributed by atoms with Gasteiger partial charge in [-0.3, -0.25) is 10.1 Å². The summed E-state index contributed by atoms with van der Waals surface area (Å²) in [4.78, 5) is 22.8. The molecule has 7 nitrogen and oxygen atoms in total. The Balaban J connectivity index is 2.30. The number of hydrogen-bond donors (Lipinski definition) is 1. The largest absolute Gasteiger partial charge is 0.497 e. The molecule has 1 fully saturated rings. The van der Waals surface area contributed by atoms with Crippen molar-refractivity contribution in [2.45, 2.75) is 12.3 Å². The van der Waals surface area contributed by atoms with Crippen molar-refractivity contribution in [3.63, 3.8) is 0 Å². The molecule has 1 aromatic carbocycles. The highest BCUT2D eigenvalue weighted by Gasteiger charge is 2.31. The average molecular weight is 266 g/mol. The van der Waals surface area contributed by atoms with Crippen molar-refractivity contribution in [3.05, 3.63) is 33.9 Å². The number of nitro benzene ring substituents is 1. The second-order valence-electron chi connectivity index (χ2n) is 4.40. The minimum absolute atomic E-state index is 0.0170. The zero-order chi connectivity index (χ0) is 14.0. The van der Waals surface area contributed by atoms with Crippen LogP contribution >= 0.6 is 0 Å². The first kappa shape index (κ1) is 13.1. The molecular weight excluding hydrogens is 252 g/mol.